The number of fused-ring (bicyclic) bond motifs is 1. The molecule has 2 N–H and O–H groups in total. The number of para-hydroxylation sites is 1. The van der Waals surface area contributed by atoms with Crippen molar-refractivity contribution in [3.05, 3.63) is 57.8 Å². The van der Waals surface area contributed by atoms with Crippen LogP contribution < -0.4 is 15.6 Å². The normalized spacial score (nSPS) is 10.7. The lowest BCUT2D eigenvalue weighted by molar-refractivity contribution is 0.0947. The predicted octanol–water partition coefficient (Wildman–Crippen LogP) is 0.665. The molecule has 23 heavy (non-hydrogen) atoms. The van der Waals surface area contributed by atoms with Crippen LogP contribution in [0.15, 0.2) is 35.3 Å². The van der Waals surface area contributed by atoms with Crippen molar-refractivity contribution in [3.63, 3.8) is 0 Å². The molecule has 0 radical (unpaired) electrons. The van der Waals surface area contributed by atoms with E-state index in [1.807, 2.05) is 24.3 Å². The number of aryl methyl sites for hydroxylation is 1. The number of carbonyl (C=O) groups excluding carboxylic acids is 1. The van der Waals surface area contributed by atoms with E-state index in [2.05, 4.69) is 20.6 Å². The lowest BCUT2D eigenvalue weighted by Crippen LogP contribution is -2.25. The Labute approximate surface area is 131 Å². The molecule has 2 heterocycles. The van der Waals surface area contributed by atoms with E-state index in [0.29, 0.717) is 11.4 Å². The lowest BCUT2D eigenvalue weighted by Gasteiger charge is -2.08. The number of aromatic nitrogens is 4. The molecule has 0 bridgehead atoms. The molecule has 0 fully saturated rings. The Morgan fingerprint density at radius 1 is 1.39 bits per heavy atom. The first-order chi connectivity index (χ1) is 11.1. The molecule has 0 aliphatic carbocycles. The molecule has 0 aliphatic rings. The largest absolute Gasteiger partial charge is 0.496 e. The van der Waals surface area contributed by atoms with Crippen molar-refractivity contribution in [1.82, 2.24) is 25.1 Å². The van der Waals surface area contributed by atoms with Crippen molar-refractivity contribution in [2.45, 2.75) is 13.5 Å². The summed E-state index contributed by atoms with van der Waals surface area (Å²) < 4.78 is 6.53. The van der Waals surface area contributed by atoms with Crippen molar-refractivity contribution < 1.29 is 9.53 Å². The first kappa shape index (κ1) is 14.8. The third-order valence-electron chi connectivity index (χ3n) is 3.38. The number of hydrogen-bond donors (Lipinski definition) is 2. The smallest absolute Gasteiger partial charge is 0.276 e. The first-order valence-corrected chi connectivity index (χ1v) is 6.95. The van der Waals surface area contributed by atoms with Gasteiger partial charge in [0.05, 0.1) is 13.3 Å². The molecule has 8 nitrogen and oxygen atoms in total. The van der Waals surface area contributed by atoms with E-state index < -0.39 is 11.5 Å². The van der Waals surface area contributed by atoms with Gasteiger partial charge < -0.3 is 15.0 Å². The highest BCUT2D eigenvalue weighted by Gasteiger charge is 2.18. The Morgan fingerprint density at radius 2 is 2.17 bits per heavy atom. The van der Waals surface area contributed by atoms with Crippen molar-refractivity contribution >= 4 is 11.4 Å². The number of H-pyrrole nitrogens is 1. The van der Waals surface area contributed by atoms with Crippen molar-refractivity contribution in [3.8, 4) is 5.75 Å². The predicted molar refractivity (Wildman–Crippen MR) is 82.5 cm³/mol. The number of carbonyl (C=O) groups is 1. The highest BCUT2D eigenvalue weighted by Crippen LogP contribution is 2.16. The van der Waals surface area contributed by atoms with Crippen LogP contribution in [0.1, 0.15) is 21.7 Å². The second kappa shape index (κ2) is 5.91. The fourth-order valence-electron chi connectivity index (χ4n) is 2.31. The lowest BCUT2D eigenvalue weighted by atomic mass is 10.2. The van der Waals surface area contributed by atoms with Crippen LogP contribution in [0.25, 0.3) is 5.52 Å². The highest BCUT2D eigenvalue weighted by molar-refractivity contribution is 5.98. The van der Waals surface area contributed by atoms with Crippen LogP contribution in [0, 0.1) is 6.92 Å². The minimum absolute atomic E-state index is 0.0128. The van der Waals surface area contributed by atoms with Gasteiger partial charge in [0.2, 0.25) is 0 Å². The Morgan fingerprint density at radius 3 is 2.96 bits per heavy atom. The third-order valence-corrected chi connectivity index (χ3v) is 3.38. The van der Waals surface area contributed by atoms with Gasteiger partial charge in [-0.15, -0.1) is 5.10 Å². The summed E-state index contributed by atoms with van der Waals surface area (Å²) in [5.41, 5.74) is 1.16. The Balaban J connectivity index is 1.86. The number of ether oxygens (including phenoxy) is 1. The Bertz CT molecular complexity index is 928. The monoisotopic (exact) mass is 313 g/mol. The van der Waals surface area contributed by atoms with Gasteiger partial charge in [0.1, 0.15) is 5.75 Å². The fraction of sp³-hybridized carbons (Fsp3) is 0.200. The second-order valence-corrected chi connectivity index (χ2v) is 4.99. The molecule has 0 saturated carbocycles. The van der Waals surface area contributed by atoms with E-state index in [9.17, 15) is 9.59 Å². The Hall–Kier alpha value is -3.16. The minimum Gasteiger partial charge on any atom is -0.496 e. The summed E-state index contributed by atoms with van der Waals surface area (Å²) in [6.45, 7) is 1.98. The summed E-state index contributed by atoms with van der Waals surface area (Å²) in [5.74, 6) is 0.203. The van der Waals surface area contributed by atoms with E-state index in [4.69, 9.17) is 4.74 Å². The molecule has 118 valence electrons. The quantitative estimate of drug-likeness (QED) is 0.737. The SMILES string of the molecule is COc1ccccc1CNC(=O)c1nnn2cc(C)[nH]c(=O)c12. The van der Waals surface area contributed by atoms with Crippen molar-refractivity contribution in [1.29, 1.82) is 0 Å². The summed E-state index contributed by atoms with van der Waals surface area (Å²) in [5, 5.41) is 10.3. The standard InChI is InChI=1S/C15H15N5O3/c1-9-8-20-13(15(22)17-9)12(18-19-20)14(21)16-7-10-5-3-4-6-11(10)23-2/h3-6,8H,7H2,1-2H3,(H,16,21)(H,17,22). The van der Waals surface area contributed by atoms with Gasteiger partial charge in [0.15, 0.2) is 11.2 Å². The second-order valence-electron chi connectivity index (χ2n) is 4.99. The third kappa shape index (κ3) is 2.78. The van der Waals surface area contributed by atoms with Crippen molar-refractivity contribution in [2.24, 2.45) is 0 Å². The molecular formula is C15H15N5O3. The van der Waals surface area contributed by atoms with Crippen LogP contribution >= 0.6 is 0 Å². The fourth-order valence-corrected chi connectivity index (χ4v) is 2.31. The van der Waals surface area contributed by atoms with Gasteiger partial charge in [-0.1, -0.05) is 23.4 Å². The zero-order valence-electron chi connectivity index (χ0n) is 12.7. The number of aromatic amines is 1. The Kier molecular flexibility index (Phi) is 3.80. The van der Waals surface area contributed by atoms with Crippen LogP contribution in [0.3, 0.4) is 0 Å². The summed E-state index contributed by atoms with van der Waals surface area (Å²) in [7, 11) is 1.56. The summed E-state index contributed by atoms with van der Waals surface area (Å²) in [6.07, 6.45) is 1.60. The summed E-state index contributed by atoms with van der Waals surface area (Å²) >= 11 is 0. The molecule has 8 heteroatoms. The van der Waals surface area contributed by atoms with Crippen LogP contribution in [0.2, 0.25) is 0 Å². The van der Waals surface area contributed by atoms with Gasteiger partial charge in [-0.2, -0.15) is 0 Å². The van der Waals surface area contributed by atoms with E-state index in [1.165, 1.54) is 4.52 Å². The topological polar surface area (TPSA) is 101 Å². The number of rotatable bonds is 4. The van der Waals surface area contributed by atoms with E-state index in [-0.39, 0.29) is 17.8 Å². The van der Waals surface area contributed by atoms with E-state index in [1.54, 1.807) is 20.2 Å². The minimum atomic E-state index is -0.472. The maximum absolute atomic E-state index is 12.3. The molecule has 0 unspecified atom stereocenters. The molecule has 0 aliphatic heterocycles. The maximum atomic E-state index is 12.3. The van der Waals surface area contributed by atoms with E-state index >= 15 is 0 Å². The molecule has 1 amide bonds. The molecule has 3 aromatic rings. The summed E-state index contributed by atoms with van der Waals surface area (Å²) in [6, 6.07) is 7.35. The number of methoxy groups -OCH3 is 1. The molecule has 1 aromatic carbocycles. The molecule has 2 aromatic heterocycles. The zero-order chi connectivity index (χ0) is 16.4. The molecule has 0 saturated heterocycles. The molecular weight excluding hydrogens is 298 g/mol. The summed E-state index contributed by atoms with van der Waals surface area (Å²) in [4.78, 5) is 26.9. The molecule has 0 atom stereocenters. The molecule has 0 spiro atoms. The first-order valence-electron chi connectivity index (χ1n) is 6.95. The number of hydrogen-bond acceptors (Lipinski definition) is 5. The number of benzene rings is 1. The van der Waals surface area contributed by atoms with Crippen LogP contribution in [-0.2, 0) is 6.54 Å². The average molecular weight is 313 g/mol. The van der Waals surface area contributed by atoms with Crippen molar-refractivity contribution in [2.75, 3.05) is 7.11 Å². The maximum Gasteiger partial charge on any atom is 0.276 e. The van der Waals surface area contributed by atoms with Crippen LogP contribution in [0.4, 0.5) is 0 Å². The number of amides is 1. The number of nitrogens with one attached hydrogen (secondary N) is 2. The average Bonchev–Trinajstić information content (AvgIpc) is 2.97. The number of nitrogens with zero attached hydrogens (tertiary/aromatic N) is 3. The van der Waals surface area contributed by atoms with Gasteiger partial charge in [-0.3, -0.25) is 9.59 Å². The van der Waals surface area contributed by atoms with Gasteiger partial charge in [0, 0.05) is 17.8 Å². The molecule has 3 rings (SSSR count). The van der Waals surface area contributed by atoms with Gasteiger partial charge >= 0.3 is 0 Å². The van der Waals surface area contributed by atoms with Gasteiger partial charge in [-0.05, 0) is 13.0 Å². The van der Waals surface area contributed by atoms with Crippen LogP contribution in [0.5, 0.6) is 5.75 Å². The van der Waals surface area contributed by atoms with E-state index in [0.717, 1.165) is 5.56 Å². The zero-order valence-corrected chi connectivity index (χ0v) is 12.7. The highest BCUT2D eigenvalue weighted by atomic mass is 16.5. The van der Waals surface area contributed by atoms with Crippen LogP contribution in [-0.4, -0.2) is 32.8 Å². The van der Waals surface area contributed by atoms with Gasteiger partial charge in [0.25, 0.3) is 11.5 Å². The van der Waals surface area contributed by atoms with Gasteiger partial charge in [-0.25, -0.2) is 4.52 Å².